The van der Waals surface area contributed by atoms with Crippen molar-refractivity contribution in [2.45, 2.75) is 19.4 Å². The van der Waals surface area contributed by atoms with E-state index in [0.29, 0.717) is 28.3 Å². The summed E-state index contributed by atoms with van der Waals surface area (Å²) in [5.41, 5.74) is 1.64. The van der Waals surface area contributed by atoms with Crippen LogP contribution in [0.5, 0.6) is 11.5 Å². The Labute approximate surface area is 145 Å². The summed E-state index contributed by atoms with van der Waals surface area (Å²) in [5.74, 6) is -0.418. The zero-order chi connectivity index (χ0) is 18.6. The van der Waals surface area contributed by atoms with E-state index in [1.807, 2.05) is 0 Å². The first-order valence-electron chi connectivity index (χ1n) is 7.60. The lowest BCUT2D eigenvalue weighted by Crippen LogP contribution is -2.30. The number of hydrogen-bond donors (Lipinski definition) is 2. The number of nitrogens with one attached hydrogen (secondary N) is 1. The molecule has 0 saturated heterocycles. The van der Waals surface area contributed by atoms with Gasteiger partial charge in [-0.1, -0.05) is 0 Å². The molecule has 0 radical (unpaired) electrons. The summed E-state index contributed by atoms with van der Waals surface area (Å²) in [5, 5.41) is 16.0. The molecule has 1 amide bonds. The van der Waals surface area contributed by atoms with Crippen LogP contribution >= 0.6 is 0 Å². The number of rotatable bonds is 7. The molecular weight excluding hydrogens is 326 g/mol. The van der Waals surface area contributed by atoms with Gasteiger partial charge in [-0.05, 0) is 19.1 Å². The highest BCUT2D eigenvalue weighted by atomic mass is 16.5. The summed E-state index contributed by atoms with van der Waals surface area (Å²) in [6, 6.07) is 4.26. The molecule has 134 valence electrons. The molecule has 0 saturated carbocycles. The number of carbonyl (C=O) groups excluding carboxylic acids is 1. The Morgan fingerprint density at radius 3 is 2.56 bits per heavy atom. The molecule has 1 aromatic heterocycles. The van der Waals surface area contributed by atoms with E-state index in [-0.39, 0.29) is 6.42 Å². The number of nitrogens with zero attached hydrogens (tertiary/aromatic N) is 2. The van der Waals surface area contributed by atoms with Gasteiger partial charge in [-0.15, -0.1) is 0 Å². The number of carboxylic acid groups (broad SMARTS) is 1. The molecule has 8 heteroatoms. The number of benzene rings is 1. The molecule has 2 aromatic rings. The molecule has 0 aliphatic heterocycles. The Kier molecular flexibility index (Phi) is 5.63. The first-order chi connectivity index (χ1) is 11.9. The summed E-state index contributed by atoms with van der Waals surface area (Å²) in [7, 11) is 4.73. The maximum Gasteiger partial charge on any atom is 0.305 e. The zero-order valence-corrected chi connectivity index (χ0v) is 14.6. The van der Waals surface area contributed by atoms with E-state index in [4.69, 9.17) is 9.47 Å². The highest BCUT2D eigenvalue weighted by molar-refractivity contribution is 5.95. The maximum atomic E-state index is 12.5. The Hall–Kier alpha value is -3.03. The number of methoxy groups -OCH3 is 2. The van der Waals surface area contributed by atoms with Crippen molar-refractivity contribution in [3.05, 3.63) is 41.2 Å². The normalized spacial score (nSPS) is 11.7. The molecule has 25 heavy (non-hydrogen) atoms. The Morgan fingerprint density at radius 1 is 1.32 bits per heavy atom. The topological polar surface area (TPSA) is 103 Å². The standard InChI is InChI=1S/C17H21N3O5/c1-10-13(9-18-20(10)2)17(23)19-14(8-16(21)22)12-6-5-11(24-3)7-15(12)25-4/h5-7,9,14H,8H2,1-4H3,(H,19,23)(H,21,22). The van der Waals surface area contributed by atoms with Crippen LogP contribution in [0, 0.1) is 6.92 Å². The van der Waals surface area contributed by atoms with Gasteiger partial charge in [0.25, 0.3) is 5.91 Å². The second-order valence-corrected chi connectivity index (χ2v) is 5.50. The molecule has 0 aliphatic rings. The molecule has 2 rings (SSSR count). The van der Waals surface area contributed by atoms with Crippen molar-refractivity contribution in [1.82, 2.24) is 15.1 Å². The molecule has 1 unspecified atom stereocenters. The van der Waals surface area contributed by atoms with E-state index in [1.165, 1.54) is 20.4 Å². The maximum absolute atomic E-state index is 12.5. The second-order valence-electron chi connectivity index (χ2n) is 5.50. The predicted octanol–water partition coefficient (Wildman–Crippen LogP) is 1.69. The van der Waals surface area contributed by atoms with Crippen LogP contribution in [0.25, 0.3) is 0 Å². The van der Waals surface area contributed by atoms with Crippen LogP contribution in [-0.4, -0.2) is 41.0 Å². The molecule has 1 heterocycles. The summed E-state index contributed by atoms with van der Waals surface area (Å²) in [4.78, 5) is 23.8. The van der Waals surface area contributed by atoms with Gasteiger partial charge in [0.15, 0.2) is 0 Å². The van der Waals surface area contributed by atoms with Crippen LogP contribution < -0.4 is 14.8 Å². The monoisotopic (exact) mass is 347 g/mol. The third kappa shape index (κ3) is 4.09. The van der Waals surface area contributed by atoms with Crippen molar-refractivity contribution in [3.8, 4) is 11.5 Å². The highest BCUT2D eigenvalue weighted by Gasteiger charge is 2.24. The minimum atomic E-state index is -1.04. The van der Waals surface area contributed by atoms with E-state index in [0.717, 1.165) is 0 Å². The van der Waals surface area contributed by atoms with E-state index < -0.39 is 17.9 Å². The molecule has 1 atom stereocenters. The fourth-order valence-corrected chi connectivity index (χ4v) is 2.48. The minimum absolute atomic E-state index is 0.284. The van der Waals surface area contributed by atoms with Gasteiger partial charge >= 0.3 is 5.97 Å². The number of hydrogen-bond acceptors (Lipinski definition) is 5. The average Bonchev–Trinajstić information content (AvgIpc) is 2.92. The molecule has 1 aromatic carbocycles. The fraction of sp³-hybridized carbons (Fsp3) is 0.353. The van der Waals surface area contributed by atoms with Crippen LogP contribution in [0.3, 0.4) is 0 Å². The second kappa shape index (κ2) is 7.69. The smallest absolute Gasteiger partial charge is 0.305 e. The molecular formula is C17H21N3O5. The number of aromatic nitrogens is 2. The van der Waals surface area contributed by atoms with Gasteiger partial charge in [0, 0.05) is 24.4 Å². The van der Waals surface area contributed by atoms with Crippen molar-refractivity contribution in [2.75, 3.05) is 14.2 Å². The van der Waals surface area contributed by atoms with Crippen molar-refractivity contribution >= 4 is 11.9 Å². The van der Waals surface area contributed by atoms with Gasteiger partial charge < -0.3 is 19.9 Å². The number of aliphatic carboxylic acids is 1. The lowest BCUT2D eigenvalue weighted by atomic mass is 10.0. The van der Waals surface area contributed by atoms with Crippen molar-refractivity contribution < 1.29 is 24.2 Å². The van der Waals surface area contributed by atoms with E-state index in [1.54, 1.807) is 36.9 Å². The first kappa shape index (κ1) is 18.3. The largest absolute Gasteiger partial charge is 0.497 e. The third-order valence-corrected chi connectivity index (χ3v) is 3.98. The van der Waals surface area contributed by atoms with Gasteiger partial charge in [0.2, 0.25) is 0 Å². The Balaban J connectivity index is 2.35. The van der Waals surface area contributed by atoms with Gasteiger partial charge in [0.1, 0.15) is 11.5 Å². The van der Waals surface area contributed by atoms with Crippen molar-refractivity contribution in [2.24, 2.45) is 7.05 Å². The zero-order valence-electron chi connectivity index (χ0n) is 14.6. The van der Waals surface area contributed by atoms with Gasteiger partial charge in [-0.2, -0.15) is 5.10 Å². The number of aryl methyl sites for hydroxylation is 1. The molecule has 0 fully saturated rings. The molecule has 0 aliphatic carbocycles. The Bertz CT molecular complexity index is 785. The first-order valence-corrected chi connectivity index (χ1v) is 7.60. The summed E-state index contributed by atoms with van der Waals surface area (Å²) >= 11 is 0. The van der Waals surface area contributed by atoms with Crippen LogP contribution in [0.4, 0.5) is 0 Å². The fourth-order valence-electron chi connectivity index (χ4n) is 2.48. The lowest BCUT2D eigenvalue weighted by molar-refractivity contribution is -0.137. The number of carboxylic acids is 1. The molecule has 2 N–H and O–H groups in total. The SMILES string of the molecule is COc1ccc(C(CC(=O)O)NC(=O)c2cnn(C)c2C)c(OC)c1. The van der Waals surface area contributed by atoms with E-state index in [9.17, 15) is 14.7 Å². The van der Waals surface area contributed by atoms with Crippen LogP contribution in [-0.2, 0) is 11.8 Å². The van der Waals surface area contributed by atoms with Crippen LogP contribution in [0.15, 0.2) is 24.4 Å². The van der Waals surface area contributed by atoms with Crippen molar-refractivity contribution in [3.63, 3.8) is 0 Å². The average molecular weight is 347 g/mol. The lowest BCUT2D eigenvalue weighted by Gasteiger charge is -2.20. The van der Waals surface area contributed by atoms with Crippen LogP contribution in [0.2, 0.25) is 0 Å². The number of ether oxygens (including phenoxy) is 2. The quantitative estimate of drug-likeness (QED) is 0.790. The summed E-state index contributed by atoms with van der Waals surface area (Å²) in [6.45, 7) is 1.77. The number of carbonyl (C=O) groups is 2. The van der Waals surface area contributed by atoms with Gasteiger partial charge in [-0.25, -0.2) is 0 Å². The summed E-state index contributed by atoms with van der Waals surface area (Å²) in [6.07, 6.45) is 1.17. The van der Waals surface area contributed by atoms with E-state index >= 15 is 0 Å². The molecule has 0 spiro atoms. The summed E-state index contributed by atoms with van der Waals surface area (Å²) < 4.78 is 12.0. The predicted molar refractivity (Wildman–Crippen MR) is 90.0 cm³/mol. The highest BCUT2D eigenvalue weighted by Crippen LogP contribution is 2.31. The van der Waals surface area contributed by atoms with Crippen LogP contribution in [0.1, 0.15) is 34.1 Å². The Morgan fingerprint density at radius 2 is 2.04 bits per heavy atom. The number of amides is 1. The molecule has 0 bridgehead atoms. The van der Waals surface area contributed by atoms with Gasteiger partial charge in [0.05, 0.1) is 38.4 Å². The minimum Gasteiger partial charge on any atom is -0.497 e. The van der Waals surface area contributed by atoms with Crippen molar-refractivity contribution in [1.29, 1.82) is 0 Å². The molecule has 8 nitrogen and oxygen atoms in total. The third-order valence-electron chi connectivity index (χ3n) is 3.98. The van der Waals surface area contributed by atoms with E-state index in [2.05, 4.69) is 10.4 Å². The van der Waals surface area contributed by atoms with Gasteiger partial charge in [-0.3, -0.25) is 14.3 Å².